The summed E-state index contributed by atoms with van der Waals surface area (Å²) < 4.78 is 31.6. The zero-order chi connectivity index (χ0) is 30.9. The summed E-state index contributed by atoms with van der Waals surface area (Å²) in [6.07, 6.45) is 1.71. The van der Waals surface area contributed by atoms with Crippen molar-refractivity contribution in [3.63, 3.8) is 0 Å². The molecule has 0 amide bonds. The maximum Gasteiger partial charge on any atom is 0.310 e. The number of carbonyl (C=O) groups excluding carboxylic acids is 6. The Morgan fingerprint density at radius 2 is 0.810 bits per heavy atom. The Kier molecular flexibility index (Phi) is 8.27. The van der Waals surface area contributed by atoms with Gasteiger partial charge in [-0.15, -0.1) is 0 Å². The predicted molar refractivity (Wildman–Crippen MR) is 146 cm³/mol. The van der Waals surface area contributed by atoms with E-state index in [1.54, 1.807) is 0 Å². The molecule has 218 valence electrons. The smallest absolute Gasteiger partial charge is 0.310 e. The van der Waals surface area contributed by atoms with Crippen molar-refractivity contribution in [2.45, 2.75) is 12.8 Å². The van der Waals surface area contributed by atoms with Gasteiger partial charge in [0, 0.05) is 45.5 Å². The van der Waals surface area contributed by atoms with E-state index in [-0.39, 0.29) is 67.5 Å². The molecule has 0 aliphatic heterocycles. The van der Waals surface area contributed by atoms with Gasteiger partial charge in [-0.1, -0.05) is 0 Å². The summed E-state index contributed by atoms with van der Waals surface area (Å²) in [6, 6.07) is 2.78. The SMILES string of the molecule is COC(=O)CC1=Cc2c(c(OC)cc(OC)c2-c2c(OC)cc(OC)c3c2C=C(CC(=O)OC)C(=O)C3=O)C(=O)C1=O. The zero-order valence-corrected chi connectivity index (χ0v) is 23.6. The van der Waals surface area contributed by atoms with E-state index < -0.39 is 47.9 Å². The van der Waals surface area contributed by atoms with Gasteiger partial charge in [0.05, 0.1) is 66.6 Å². The van der Waals surface area contributed by atoms with Crippen LogP contribution in [0, 0.1) is 0 Å². The van der Waals surface area contributed by atoms with Gasteiger partial charge in [-0.25, -0.2) is 0 Å². The molecule has 0 heterocycles. The Morgan fingerprint density at radius 1 is 0.500 bits per heavy atom. The Hall–Kier alpha value is -5.26. The molecule has 0 radical (unpaired) electrons. The van der Waals surface area contributed by atoms with E-state index in [4.69, 9.17) is 28.4 Å². The molecule has 0 saturated carbocycles. The van der Waals surface area contributed by atoms with Crippen LogP contribution in [-0.2, 0) is 28.7 Å². The summed E-state index contributed by atoms with van der Waals surface area (Å²) in [6.45, 7) is 0. The largest absolute Gasteiger partial charge is 0.496 e. The number of ether oxygens (including phenoxy) is 6. The number of hydrogen-bond donors (Lipinski definition) is 0. The van der Waals surface area contributed by atoms with Crippen LogP contribution in [0.15, 0.2) is 23.3 Å². The summed E-state index contributed by atoms with van der Waals surface area (Å²) in [5, 5.41) is 0. The Balaban J connectivity index is 2.20. The van der Waals surface area contributed by atoms with Crippen LogP contribution in [-0.4, -0.2) is 77.7 Å². The number of benzene rings is 2. The first-order valence-electron chi connectivity index (χ1n) is 12.4. The first kappa shape index (κ1) is 29.7. The molecule has 0 unspecified atom stereocenters. The van der Waals surface area contributed by atoms with Crippen molar-refractivity contribution < 1.29 is 57.2 Å². The minimum atomic E-state index is -0.943. The highest BCUT2D eigenvalue weighted by molar-refractivity contribution is 6.54. The first-order valence-corrected chi connectivity index (χ1v) is 12.4. The lowest BCUT2D eigenvalue weighted by Crippen LogP contribution is -2.26. The molecule has 2 aliphatic rings. The average molecular weight is 579 g/mol. The van der Waals surface area contributed by atoms with E-state index in [2.05, 4.69) is 0 Å². The normalized spacial score (nSPS) is 13.9. The second-order valence-electron chi connectivity index (χ2n) is 9.05. The quantitative estimate of drug-likeness (QED) is 0.317. The summed E-state index contributed by atoms with van der Waals surface area (Å²) in [7, 11) is 7.62. The number of rotatable bonds is 9. The molecular formula is C30H26O12. The topological polar surface area (TPSA) is 158 Å². The maximum atomic E-state index is 13.4. The molecule has 2 aromatic rings. The number of ketones is 4. The highest BCUT2D eigenvalue weighted by Gasteiger charge is 2.39. The molecule has 0 N–H and O–H groups in total. The second kappa shape index (κ2) is 11.7. The molecule has 0 atom stereocenters. The third kappa shape index (κ3) is 4.80. The number of carbonyl (C=O) groups is 6. The fourth-order valence-corrected chi connectivity index (χ4v) is 4.94. The van der Waals surface area contributed by atoms with Gasteiger partial charge in [0.15, 0.2) is 0 Å². The third-order valence-corrected chi connectivity index (χ3v) is 6.93. The minimum absolute atomic E-state index is 0.0202. The van der Waals surface area contributed by atoms with Crippen molar-refractivity contribution >= 4 is 47.2 Å². The number of methoxy groups -OCH3 is 6. The lowest BCUT2D eigenvalue weighted by atomic mass is 9.79. The molecule has 42 heavy (non-hydrogen) atoms. The zero-order valence-electron chi connectivity index (χ0n) is 23.6. The molecule has 12 nitrogen and oxygen atoms in total. The van der Waals surface area contributed by atoms with Crippen LogP contribution in [0.1, 0.15) is 44.7 Å². The van der Waals surface area contributed by atoms with E-state index in [9.17, 15) is 28.8 Å². The highest BCUT2D eigenvalue weighted by atomic mass is 16.5. The lowest BCUT2D eigenvalue weighted by molar-refractivity contribution is -0.141. The summed E-state index contributed by atoms with van der Waals surface area (Å²) >= 11 is 0. The van der Waals surface area contributed by atoms with Gasteiger partial charge in [-0.2, -0.15) is 0 Å². The number of Topliss-reactive ketones (excluding diaryl/α,β-unsaturated/α-hetero) is 4. The summed E-state index contributed by atoms with van der Waals surface area (Å²) in [5.41, 5.74) is 0.105. The molecule has 12 heteroatoms. The molecule has 2 aromatic carbocycles. The van der Waals surface area contributed by atoms with Crippen molar-refractivity contribution in [2.24, 2.45) is 0 Å². The molecular weight excluding hydrogens is 552 g/mol. The Labute approximate surface area is 239 Å². The fourth-order valence-electron chi connectivity index (χ4n) is 4.94. The third-order valence-electron chi connectivity index (χ3n) is 6.93. The first-order chi connectivity index (χ1) is 20.1. The van der Waals surface area contributed by atoms with Gasteiger partial charge in [0.1, 0.15) is 23.0 Å². The van der Waals surface area contributed by atoms with Crippen LogP contribution in [0.4, 0.5) is 0 Å². The van der Waals surface area contributed by atoms with Crippen LogP contribution in [0.25, 0.3) is 23.3 Å². The van der Waals surface area contributed by atoms with E-state index >= 15 is 0 Å². The minimum Gasteiger partial charge on any atom is -0.496 e. The molecule has 2 aliphatic carbocycles. The van der Waals surface area contributed by atoms with Gasteiger partial charge in [0.2, 0.25) is 23.1 Å². The van der Waals surface area contributed by atoms with E-state index in [0.29, 0.717) is 0 Å². The van der Waals surface area contributed by atoms with Gasteiger partial charge in [-0.3, -0.25) is 28.8 Å². The second-order valence-corrected chi connectivity index (χ2v) is 9.05. The molecule has 0 fully saturated rings. The number of hydrogen-bond acceptors (Lipinski definition) is 12. The Bertz CT molecular complexity index is 1520. The number of esters is 2. The fraction of sp³-hybridized carbons (Fsp3) is 0.267. The van der Waals surface area contributed by atoms with Crippen LogP contribution < -0.4 is 18.9 Å². The monoisotopic (exact) mass is 578 g/mol. The van der Waals surface area contributed by atoms with Crippen molar-refractivity contribution in [1.82, 2.24) is 0 Å². The van der Waals surface area contributed by atoms with Gasteiger partial charge < -0.3 is 28.4 Å². The molecule has 0 spiro atoms. The van der Waals surface area contributed by atoms with Crippen molar-refractivity contribution in [1.29, 1.82) is 0 Å². The van der Waals surface area contributed by atoms with Crippen molar-refractivity contribution in [2.75, 3.05) is 42.7 Å². The highest BCUT2D eigenvalue weighted by Crippen LogP contribution is 2.51. The predicted octanol–water partition coefficient (Wildman–Crippen LogP) is 2.81. The van der Waals surface area contributed by atoms with Crippen molar-refractivity contribution in [3.05, 3.63) is 45.5 Å². The lowest BCUT2D eigenvalue weighted by Gasteiger charge is -2.26. The molecule has 0 bridgehead atoms. The average Bonchev–Trinajstić information content (AvgIpc) is 3.00. The van der Waals surface area contributed by atoms with Crippen LogP contribution in [0.2, 0.25) is 0 Å². The maximum absolute atomic E-state index is 13.4. The summed E-state index contributed by atoms with van der Waals surface area (Å²) in [5.74, 6) is -4.91. The standard InChI is InChI=1S/C30H26O12/c1-37-17-11-19(39-3)25-15(7-13(9-21(31)41-5)27(33)29(25)35)23(17)24-16-8-14(10-22(32)42-6)28(34)30(36)26(16)20(40-4)12-18(24)38-2/h7-8,11-12H,9-10H2,1-6H3. The van der Waals surface area contributed by atoms with E-state index in [0.717, 1.165) is 14.2 Å². The van der Waals surface area contributed by atoms with Crippen molar-refractivity contribution in [3.8, 4) is 34.1 Å². The molecule has 0 aromatic heterocycles. The van der Waals surface area contributed by atoms with E-state index in [1.165, 1.54) is 52.7 Å². The van der Waals surface area contributed by atoms with Gasteiger partial charge >= 0.3 is 11.9 Å². The number of fused-ring (bicyclic) bond motifs is 2. The van der Waals surface area contributed by atoms with Gasteiger partial charge in [-0.05, 0) is 12.2 Å². The van der Waals surface area contributed by atoms with Crippen LogP contribution in [0.3, 0.4) is 0 Å². The van der Waals surface area contributed by atoms with Crippen LogP contribution in [0.5, 0.6) is 23.0 Å². The molecule has 4 rings (SSSR count). The molecule has 0 saturated heterocycles. The van der Waals surface area contributed by atoms with E-state index in [1.807, 2.05) is 0 Å². The van der Waals surface area contributed by atoms with Crippen LogP contribution >= 0.6 is 0 Å². The summed E-state index contributed by atoms with van der Waals surface area (Å²) in [4.78, 5) is 77.1. The Morgan fingerprint density at radius 3 is 1.10 bits per heavy atom. The van der Waals surface area contributed by atoms with Gasteiger partial charge in [0.25, 0.3) is 0 Å².